The molecule has 1 aromatic rings. The third kappa shape index (κ3) is 2.38. The van der Waals surface area contributed by atoms with E-state index in [4.69, 9.17) is 9.47 Å². The molecule has 1 aromatic carbocycles. The van der Waals surface area contributed by atoms with E-state index in [-0.39, 0.29) is 0 Å². The molecule has 20 heavy (non-hydrogen) atoms. The van der Waals surface area contributed by atoms with Gasteiger partial charge in [0.2, 0.25) is 0 Å². The lowest BCUT2D eigenvalue weighted by atomic mass is 10.0. The first-order valence-electron chi connectivity index (χ1n) is 7.39. The van der Waals surface area contributed by atoms with E-state index in [2.05, 4.69) is 23.2 Å². The Morgan fingerprint density at radius 2 is 1.85 bits per heavy atom. The van der Waals surface area contributed by atoms with Crippen LogP contribution < -0.4 is 14.8 Å². The minimum absolute atomic E-state index is 0.390. The number of fused-ring (bicyclic) bond motifs is 1. The number of hydrogen-bond donors (Lipinski definition) is 1. The van der Waals surface area contributed by atoms with Gasteiger partial charge in [-0.15, -0.1) is 0 Å². The minimum atomic E-state index is 0.390. The SMILES string of the molecule is COc1ccc(C(C)N2CC3CNCC3C2)c(OC)c1. The zero-order valence-corrected chi connectivity index (χ0v) is 12.6. The van der Waals surface area contributed by atoms with Crippen LogP contribution >= 0.6 is 0 Å². The van der Waals surface area contributed by atoms with Gasteiger partial charge in [-0.1, -0.05) is 6.07 Å². The Morgan fingerprint density at radius 3 is 2.45 bits per heavy atom. The maximum atomic E-state index is 5.54. The van der Waals surface area contributed by atoms with Crippen LogP contribution in [-0.2, 0) is 0 Å². The maximum absolute atomic E-state index is 5.54. The van der Waals surface area contributed by atoms with E-state index in [1.54, 1.807) is 14.2 Å². The third-order valence-electron chi connectivity index (χ3n) is 4.86. The van der Waals surface area contributed by atoms with Crippen LogP contribution in [0.4, 0.5) is 0 Å². The van der Waals surface area contributed by atoms with Gasteiger partial charge in [0.1, 0.15) is 11.5 Å². The van der Waals surface area contributed by atoms with Crippen molar-refractivity contribution in [2.45, 2.75) is 13.0 Å². The fraction of sp³-hybridized carbons (Fsp3) is 0.625. The molecule has 1 N–H and O–H groups in total. The number of benzene rings is 1. The second-order valence-electron chi connectivity index (χ2n) is 5.92. The molecule has 4 heteroatoms. The normalized spacial score (nSPS) is 27.4. The molecule has 3 rings (SSSR count). The molecule has 2 fully saturated rings. The molecule has 3 atom stereocenters. The highest BCUT2D eigenvalue weighted by Crippen LogP contribution is 2.37. The number of ether oxygens (including phenoxy) is 2. The summed E-state index contributed by atoms with van der Waals surface area (Å²) >= 11 is 0. The molecule has 0 bridgehead atoms. The van der Waals surface area contributed by atoms with Gasteiger partial charge in [-0.2, -0.15) is 0 Å². The smallest absolute Gasteiger partial charge is 0.127 e. The third-order valence-corrected chi connectivity index (χ3v) is 4.86. The molecule has 2 aliphatic heterocycles. The summed E-state index contributed by atoms with van der Waals surface area (Å²) < 4.78 is 10.8. The van der Waals surface area contributed by atoms with Crippen LogP contribution in [0.3, 0.4) is 0 Å². The summed E-state index contributed by atoms with van der Waals surface area (Å²) in [6, 6.07) is 6.52. The van der Waals surface area contributed by atoms with E-state index < -0.39 is 0 Å². The monoisotopic (exact) mass is 276 g/mol. The molecule has 0 amide bonds. The molecule has 0 aliphatic carbocycles. The Kier molecular flexibility index (Phi) is 3.85. The van der Waals surface area contributed by atoms with Gasteiger partial charge in [0.15, 0.2) is 0 Å². The Morgan fingerprint density at radius 1 is 1.15 bits per heavy atom. The first-order valence-corrected chi connectivity index (χ1v) is 7.39. The van der Waals surface area contributed by atoms with Crippen LogP contribution in [0.2, 0.25) is 0 Å². The first kappa shape index (κ1) is 13.7. The molecule has 0 saturated carbocycles. The molecule has 2 saturated heterocycles. The van der Waals surface area contributed by atoms with Crippen molar-refractivity contribution in [1.29, 1.82) is 0 Å². The first-order chi connectivity index (χ1) is 9.72. The Labute approximate surface area is 121 Å². The van der Waals surface area contributed by atoms with E-state index in [1.807, 2.05) is 12.1 Å². The summed E-state index contributed by atoms with van der Waals surface area (Å²) in [4.78, 5) is 2.58. The minimum Gasteiger partial charge on any atom is -0.497 e. The van der Waals surface area contributed by atoms with Crippen molar-refractivity contribution < 1.29 is 9.47 Å². The van der Waals surface area contributed by atoms with E-state index in [0.717, 1.165) is 23.3 Å². The van der Waals surface area contributed by atoms with Gasteiger partial charge in [-0.25, -0.2) is 0 Å². The standard InChI is InChI=1S/C16H24N2O2/c1-11(18-9-12-7-17-8-13(12)10-18)15-5-4-14(19-2)6-16(15)20-3/h4-6,11-13,17H,7-10H2,1-3H3. The largest absolute Gasteiger partial charge is 0.497 e. The topological polar surface area (TPSA) is 33.7 Å². The van der Waals surface area contributed by atoms with Crippen molar-refractivity contribution in [3.8, 4) is 11.5 Å². The predicted octanol–water partition coefficient (Wildman–Crippen LogP) is 1.92. The van der Waals surface area contributed by atoms with Crippen LogP contribution in [0.25, 0.3) is 0 Å². The highest BCUT2D eigenvalue weighted by Gasteiger charge is 2.38. The number of nitrogens with zero attached hydrogens (tertiary/aromatic N) is 1. The van der Waals surface area contributed by atoms with E-state index >= 15 is 0 Å². The highest BCUT2D eigenvalue weighted by atomic mass is 16.5. The Bertz CT molecular complexity index is 466. The van der Waals surface area contributed by atoms with E-state index in [1.165, 1.54) is 31.7 Å². The molecular weight excluding hydrogens is 252 g/mol. The Balaban J connectivity index is 1.78. The summed E-state index contributed by atoms with van der Waals surface area (Å²) in [5.41, 5.74) is 1.25. The van der Waals surface area contributed by atoms with Crippen LogP contribution in [0, 0.1) is 11.8 Å². The number of methoxy groups -OCH3 is 2. The maximum Gasteiger partial charge on any atom is 0.127 e. The molecule has 110 valence electrons. The van der Waals surface area contributed by atoms with Gasteiger partial charge in [0.25, 0.3) is 0 Å². The number of likely N-dealkylation sites (tertiary alicyclic amines) is 1. The molecule has 3 unspecified atom stereocenters. The molecule has 0 aromatic heterocycles. The van der Waals surface area contributed by atoms with Gasteiger partial charge in [-0.05, 0) is 37.9 Å². The number of rotatable bonds is 4. The quantitative estimate of drug-likeness (QED) is 0.911. The van der Waals surface area contributed by atoms with Gasteiger partial charge < -0.3 is 14.8 Å². The lowest BCUT2D eigenvalue weighted by molar-refractivity contribution is 0.238. The van der Waals surface area contributed by atoms with E-state index in [0.29, 0.717) is 6.04 Å². The molecule has 2 heterocycles. The lowest BCUT2D eigenvalue weighted by Gasteiger charge is -2.27. The predicted molar refractivity (Wildman–Crippen MR) is 79.4 cm³/mol. The molecule has 2 aliphatic rings. The van der Waals surface area contributed by atoms with Crippen molar-refractivity contribution in [2.24, 2.45) is 11.8 Å². The Hall–Kier alpha value is -1.26. The van der Waals surface area contributed by atoms with Crippen LogP contribution in [0.1, 0.15) is 18.5 Å². The van der Waals surface area contributed by atoms with Crippen LogP contribution in [0.5, 0.6) is 11.5 Å². The zero-order chi connectivity index (χ0) is 14.1. The molecular formula is C16H24N2O2. The second kappa shape index (κ2) is 5.62. The van der Waals surface area contributed by atoms with Crippen molar-refractivity contribution in [2.75, 3.05) is 40.4 Å². The summed E-state index contributed by atoms with van der Waals surface area (Å²) in [7, 11) is 3.42. The fourth-order valence-electron chi connectivity index (χ4n) is 3.57. The van der Waals surface area contributed by atoms with Gasteiger partial charge in [0.05, 0.1) is 14.2 Å². The van der Waals surface area contributed by atoms with Crippen LogP contribution in [0.15, 0.2) is 18.2 Å². The fourth-order valence-corrected chi connectivity index (χ4v) is 3.57. The van der Waals surface area contributed by atoms with Crippen molar-refractivity contribution in [1.82, 2.24) is 10.2 Å². The lowest BCUT2D eigenvalue weighted by Crippen LogP contribution is -2.28. The van der Waals surface area contributed by atoms with Crippen molar-refractivity contribution in [3.63, 3.8) is 0 Å². The van der Waals surface area contributed by atoms with Crippen molar-refractivity contribution >= 4 is 0 Å². The molecule has 0 spiro atoms. The van der Waals surface area contributed by atoms with Crippen molar-refractivity contribution in [3.05, 3.63) is 23.8 Å². The second-order valence-corrected chi connectivity index (χ2v) is 5.92. The highest BCUT2D eigenvalue weighted by molar-refractivity contribution is 5.42. The summed E-state index contributed by atoms with van der Waals surface area (Å²) in [6.45, 7) is 7.00. The molecule has 0 radical (unpaired) electrons. The number of nitrogens with one attached hydrogen (secondary N) is 1. The summed E-state index contributed by atoms with van der Waals surface area (Å²) in [6.07, 6.45) is 0. The average molecular weight is 276 g/mol. The van der Waals surface area contributed by atoms with Crippen LogP contribution in [-0.4, -0.2) is 45.3 Å². The van der Waals surface area contributed by atoms with Gasteiger partial charge in [-0.3, -0.25) is 4.90 Å². The van der Waals surface area contributed by atoms with Gasteiger partial charge in [0, 0.05) is 30.8 Å². The average Bonchev–Trinajstić information content (AvgIpc) is 3.07. The zero-order valence-electron chi connectivity index (χ0n) is 12.6. The summed E-state index contributed by atoms with van der Waals surface area (Å²) in [5, 5.41) is 3.49. The van der Waals surface area contributed by atoms with E-state index in [9.17, 15) is 0 Å². The van der Waals surface area contributed by atoms with Gasteiger partial charge >= 0.3 is 0 Å². The summed E-state index contributed by atoms with van der Waals surface area (Å²) in [5.74, 6) is 3.41. The number of hydrogen-bond acceptors (Lipinski definition) is 4. The molecule has 4 nitrogen and oxygen atoms in total.